The predicted octanol–water partition coefficient (Wildman–Crippen LogP) is 1.29. The van der Waals surface area contributed by atoms with Crippen molar-refractivity contribution in [3.05, 3.63) is 0 Å². The van der Waals surface area contributed by atoms with E-state index in [0.29, 0.717) is 41.4 Å². The van der Waals surface area contributed by atoms with Crippen LogP contribution in [-0.4, -0.2) is 69.5 Å². The van der Waals surface area contributed by atoms with Gasteiger partial charge in [0.2, 0.25) is 11.0 Å². The van der Waals surface area contributed by atoms with Gasteiger partial charge in [-0.05, 0) is 20.8 Å². The van der Waals surface area contributed by atoms with E-state index in [1.807, 2.05) is 20.8 Å². The second-order valence-corrected chi connectivity index (χ2v) is 8.27. The molecule has 2 amide bonds. The fourth-order valence-corrected chi connectivity index (χ4v) is 3.50. The fourth-order valence-electron chi connectivity index (χ4n) is 1.96. The summed E-state index contributed by atoms with van der Waals surface area (Å²) in [5.74, 6) is 0.314. The molecular weight excluding hydrogens is 338 g/mol. The third-order valence-corrected chi connectivity index (χ3v) is 4.90. The van der Waals surface area contributed by atoms with E-state index in [-0.39, 0.29) is 12.0 Å². The maximum Gasteiger partial charge on any atom is 0.410 e. The standard InChI is InChI=1S/C13H21N5O3S2/c1-13(2,3)21-12(20)18-6-4-17(5-7-18)9(19)8-22-11-16-15-10(14)23-11/h4-8H2,1-3H3,(H2,14,15). The summed E-state index contributed by atoms with van der Waals surface area (Å²) < 4.78 is 6.02. The van der Waals surface area contributed by atoms with Crippen LogP contribution in [0, 0.1) is 0 Å². The van der Waals surface area contributed by atoms with Crippen LogP contribution in [0.15, 0.2) is 4.34 Å². The second-order valence-electron chi connectivity index (χ2n) is 6.04. The third kappa shape index (κ3) is 5.54. The van der Waals surface area contributed by atoms with Gasteiger partial charge in [0, 0.05) is 26.2 Å². The predicted molar refractivity (Wildman–Crippen MR) is 89.4 cm³/mol. The Kier molecular flexibility index (Phi) is 5.69. The van der Waals surface area contributed by atoms with E-state index < -0.39 is 5.60 Å². The van der Waals surface area contributed by atoms with Crippen molar-refractivity contribution in [1.82, 2.24) is 20.0 Å². The molecule has 1 aliphatic rings. The summed E-state index contributed by atoms with van der Waals surface area (Å²) in [6, 6.07) is 0. The molecule has 1 aromatic rings. The minimum atomic E-state index is -0.510. The first kappa shape index (κ1) is 17.8. The Hall–Kier alpha value is -1.55. The summed E-state index contributed by atoms with van der Waals surface area (Å²) in [7, 11) is 0. The molecule has 0 spiro atoms. The number of aromatic nitrogens is 2. The van der Waals surface area contributed by atoms with E-state index >= 15 is 0 Å². The van der Waals surface area contributed by atoms with Crippen molar-refractivity contribution < 1.29 is 14.3 Å². The van der Waals surface area contributed by atoms with E-state index in [1.165, 1.54) is 23.1 Å². The lowest BCUT2D eigenvalue weighted by Crippen LogP contribution is -2.52. The molecule has 1 aromatic heterocycles. The Bertz CT molecular complexity index is 564. The maximum absolute atomic E-state index is 12.2. The van der Waals surface area contributed by atoms with Crippen molar-refractivity contribution in [2.45, 2.75) is 30.7 Å². The zero-order valence-corrected chi connectivity index (χ0v) is 15.1. The van der Waals surface area contributed by atoms with Crippen LogP contribution in [0.4, 0.5) is 9.93 Å². The molecule has 2 heterocycles. The van der Waals surface area contributed by atoms with Crippen molar-refractivity contribution in [1.29, 1.82) is 0 Å². The van der Waals surface area contributed by atoms with Gasteiger partial charge in [-0.25, -0.2) is 4.79 Å². The Morgan fingerprint density at radius 1 is 1.22 bits per heavy atom. The van der Waals surface area contributed by atoms with Gasteiger partial charge in [-0.15, -0.1) is 10.2 Å². The Morgan fingerprint density at radius 3 is 2.35 bits per heavy atom. The summed E-state index contributed by atoms with van der Waals surface area (Å²) >= 11 is 2.59. The lowest BCUT2D eigenvalue weighted by Gasteiger charge is -2.35. The molecule has 1 aliphatic heterocycles. The molecule has 2 rings (SSSR count). The number of hydrogen-bond acceptors (Lipinski definition) is 8. The van der Waals surface area contributed by atoms with Crippen LogP contribution < -0.4 is 5.73 Å². The highest BCUT2D eigenvalue weighted by atomic mass is 32.2. The molecule has 10 heteroatoms. The number of nitrogen functional groups attached to an aromatic ring is 1. The molecule has 0 radical (unpaired) electrons. The average Bonchev–Trinajstić information content (AvgIpc) is 2.89. The quantitative estimate of drug-likeness (QED) is 0.811. The van der Waals surface area contributed by atoms with Gasteiger partial charge in [-0.1, -0.05) is 23.1 Å². The van der Waals surface area contributed by atoms with E-state index in [2.05, 4.69) is 10.2 Å². The number of amides is 2. The van der Waals surface area contributed by atoms with Crippen molar-refractivity contribution in [3.8, 4) is 0 Å². The summed E-state index contributed by atoms with van der Waals surface area (Å²) in [5.41, 5.74) is 4.99. The molecule has 1 fully saturated rings. The lowest BCUT2D eigenvalue weighted by molar-refractivity contribution is -0.130. The van der Waals surface area contributed by atoms with Crippen LogP contribution >= 0.6 is 23.1 Å². The number of anilines is 1. The van der Waals surface area contributed by atoms with Crippen LogP contribution in [0.1, 0.15) is 20.8 Å². The molecule has 2 N–H and O–H groups in total. The zero-order valence-electron chi connectivity index (χ0n) is 13.4. The van der Waals surface area contributed by atoms with Gasteiger partial charge in [-0.2, -0.15) is 0 Å². The number of carbonyl (C=O) groups is 2. The maximum atomic E-state index is 12.2. The van der Waals surface area contributed by atoms with Crippen molar-refractivity contribution in [2.24, 2.45) is 0 Å². The molecule has 128 valence electrons. The normalized spacial score (nSPS) is 15.6. The van der Waals surface area contributed by atoms with Gasteiger partial charge in [0.15, 0.2) is 4.34 Å². The largest absolute Gasteiger partial charge is 0.444 e. The average molecular weight is 359 g/mol. The molecule has 0 atom stereocenters. The van der Waals surface area contributed by atoms with Crippen molar-refractivity contribution in [3.63, 3.8) is 0 Å². The monoisotopic (exact) mass is 359 g/mol. The summed E-state index contributed by atoms with van der Waals surface area (Å²) in [5, 5.41) is 7.97. The minimum Gasteiger partial charge on any atom is -0.444 e. The van der Waals surface area contributed by atoms with Crippen LogP contribution in [0.2, 0.25) is 0 Å². The highest BCUT2D eigenvalue weighted by molar-refractivity contribution is 8.01. The number of nitrogens with zero attached hydrogens (tertiary/aromatic N) is 4. The number of rotatable bonds is 3. The van der Waals surface area contributed by atoms with Gasteiger partial charge in [0.25, 0.3) is 0 Å². The molecule has 0 unspecified atom stereocenters. The first-order valence-corrected chi connectivity index (χ1v) is 9.02. The molecule has 23 heavy (non-hydrogen) atoms. The highest BCUT2D eigenvalue weighted by Gasteiger charge is 2.27. The van der Waals surface area contributed by atoms with Crippen molar-refractivity contribution >= 4 is 40.2 Å². The summed E-state index contributed by atoms with van der Waals surface area (Å²) in [4.78, 5) is 27.5. The van der Waals surface area contributed by atoms with E-state index in [4.69, 9.17) is 10.5 Å². The number of carbonyl (C=O) groups excluding carboxylic acids is 2. The minimum absolute atomic E-state index is 0.0209. The SMILES string of the molecule is CC(C)(C)OC(=O)N1CCN(C(=O)CSc2nnc(N)s2)CC1. The Morgan fingerprint density at radius 2 is 1.83 bits per heavy atom. The summed E-state index contributed by atoms with van der Waals surface area (Å²) in [6.07, 6.45) is -0.330. The topological polar surface area (TPSA) is 102 Å². The number of hydrogen-bond donors (Lipinski definition) is 1. The molecule has 0 bridgehead atoms. The number of ether oxygens (including phenoxy) is 1. The Labute approximate surface area is 143 Å². The van der Waals surface area contributed by atoms with E-state index in [1.54, 1.807) is 9.80 Å². The van der Waals surface area contributed by atoms with E-state index in [9.17, 15) is 9.59 Å². The van der Waals surface area contributed by atoms with Crippen LogP contribution in [-0.2, 0) is 9.53 Å². The molecular formula is C13H21N5O3S2. The fraction of sp³-hybridized carbons (Fsp3) is 0.692. The Balaban J connectivity index is 1.75. The van der Waals surface area contributed by atoms with Crippen molar-refractivity contribution in [2.75, 3.05) is 37.7 Å². The van der Waals surface area contributed by atoms with Gasteiger partial charge in [-0.3, -0.25) is 4.79 Å². The van der Waals surface area contributed by atoms with Gasteiger partial charge >= 0.3 is 6.09 Å². The smallest absolute Gasteiger partial charge is 0.410 e. The zero-order chi connectivity index (χ0) is 17.0. The number of nitrogens with two attached hydrogens (primary N) is 1. The third-order valence-electron chi connectivity index (χ3n) is 3.03. The van der Waals surface area contributed by atoms with E-state index in [0.717, 1.165) is 0 Å². The molecule has 0 aliphatic carbocycles. The lowest BCUT2D eigenvalue weighted by atomic mass is 10.2. The first-order valence-electron chi connectivity index (χ1n) is 7.22. The number of thioether (sulfide) groups is 1. The van der Waals surface area contributed by atoms with Crippen LogP contribution in [0.3, 0.4) is 0 Å². The summed E-state index contributed by atoms with van der Waals surface area (Å²) in [6.45, 7) is 7.49. The van der Waals surface area contributed by atoms with Gasteiger partial charge < -0.3 is 20.3 Å². The molecule has 8 nitrogen and oxygen atoms in total. The molecule has 0 saturated carbocycles. The molecule has 1 saturated heterocycles. The van der Waals surface area contributed by atoms with Crippen LogP contribution in [0.5, 0.6) is 0 Å². The van der Waals surface area contributed by atoms with Crippen LogP contribution in [0.25, 0.3) is 0 Å². The van der Waals surface area contributed by atoms with Gasteiger partial charge in [0.05, 0.1) is 5.75 Å². The van der Waals surface area contributed by atoms with Gasteiger partial charge in [0.1, 0.15) is 5.60 Å². The second kappa shape index (κ2) is 7.35. The number of piperazine rings is 1. The molecule has 0 aromatic carbocycles. The highest BCUT2D eigenvalue weighted by Crippen LogP contribution is 2.23. The first-order chi connectivity index (χ1) is 10.7.